The molecule has 3 aromatic carbocycles. The number of nitrogens with zero attached hydrogens (tertiary/aromatic N) is 2. The fourth-order valence-corrected chi connectivity index (χ4v) is 5.49. The molecule has 0 bridgehead atoms. The lowest BCUT2D eigenvalue weighted by Crippen LogP contribution is -2.53. The summed E-state index contributed by atoms with van der Waals surface area (Å²) in [6, 6.07) is 20.2. The molecule has 0 radical (unpaired) electrons. The monoisotopic (exact) mass is 585 g/mol. The maximum Gasteiger partial charge on any atom is 0.244 e. The predicted molar refractivity (Wildman–Crippen MR) is 154 cm³/mol. The Kier molecular flexibility index (Phi) is 9.54. The molecule has 0 saturated carbocycles. The Labute approximate surface area is 239 Å². The Hall–Kier alpha value is -3.76. The van der Waals surface area contributed by atoms with Crippen LogP contribution in [0.3, 0.4) is 0 Å². The van der Waals surface area contributed by atoms with Gasteiger partial charge in [-0.05, 0) is 36.2 Å². The molecular weight excluding hydrogens is 554 g/mol. The van der Waals surface area contributed by atoms with Crippen LogP contribution in [-0.2, 0) is 32.6 Å². The number of amides is 2. The van der Waals surface area contributed by atoms with Crippen molar-refractivity contribution in [1.82, 2.24) is 10.2 Å². The zero-order valence-corrected chi connectivity index (χ0v) is 24.0. The highest BCUT2D eigenvalue weighted by molar-refractivity contribution is 7.92. The molecule has 40 heavy (non-hydrogen) atoms. The second-order valence-corrected chi connectivity index (χ2v) is 11.6. The van der Waals surface area contributed by atoms with Gasteiger partial charge in [-0.25, -0.2) is 8.42 Å². The molecule has 0 spiro atoms. The molecule has 1 aliphatic rings. The van der Waals surface area contributed by atoms with Crippen LogP contribution in [0.2, 0.25) is 5.02 Å². The average molecular weight is 586 g/mol. The van der Waals surface area contributed by atoms with Crippen molar-refractivity contribution in [3.63, 3.8) is 0 Å². The third-order valence-corrected chi connectivity index (χ3v) is 7.92. The lowest BCUT2D eigenvalue weighted by Gasteiger charge is -2.33. The van der Waals surface area contributed by atoms with E-state index in [2.05, 4.69) is 5.32 Å². The van der Waals surface area contributed by atoms with Crippen LogP contribution in [0.15, 0.2) is 72.8 Å². The van der Waals surface area contributed by atoms with Gasteiger partial charge in [-0.1, -0.05) is 60.1 Å². The first-order valence-corrected chi connectivity index (χ1v) is 15.1. The summed E-state index contributed by atoms with van der Waals surface area (Å²) in [5, 5.41) is 3.25. The summed E-state index contributed by atoms with van der Waals surface area (Å²) >= 11 is 6.45. The van der Waals surface area contributed by atoms with Gasteiger partial charge in [0.1, 0.15) is 25.8 Å². The molecule has 1 aliphatic heterocycles. The highest BCUT2D eigenvalue weighted by atomic mass is 35.5. The lowest BCUT2D eigenvalue weighted by atomic mass is 10.0. The summed E-state index contributed by atoms with van der Waals surface area (Å²) in [4.78, 5) is 28.8. The Morgan fingerprint density at radius 1 is 0.975 bits per heavy atom. The summed E-state index contributed by atoms with van der Waals surface area (Å²) in [7, 11) is -3.91. The number of ether oxygens (including phenoxy) is 2. The van der Waals surface area contributed by atoms with E-state index in [-0.39, 0.29) is 24.6 Å². The van der Waals surface area contributed by atoms with E-state index < -0.39 is 28.5 Å². The number of halogens is 1. The first-order valence-electron chi connectivity index (χ1n) is 12.9. The maximum absolute atomic E-state index is 14.1. The Balaban J connectivity index is 1.72. The quantitative estimate of drug-likeness (QED) is 0.368. The number of hydrogen-bond acceptors (Lipinski definition) is 6. The first-order chi connectivity index (χ1) is 19.2. The molecule has 1 atom stereocenters. The van der Waals surface area contributed by atoms with Crippen LogP contribution in [-0.4, -0.2) is 63.7 Å². The van der Waals surface area contributed by atoms with Crippen molar-refractivity contribution in [3.8, 4) is 11.5 Å². The Bertz CT molecular complexity index is 1450. The molecule has 212 valence electrons. The topological polar surface area (TPSA) is 105 Å². The molecule has 0 saturated heterocycles. The third-order valence-electron chi connectivity index (χ3n) is 6.41. The van der Waals surface area contributed by atoms with Crippen LogP contribution in [0.4, 0.5) is 5.69 Å². The molecule has 9 nitrogen and oxygen atoms in total. The number of sulfonamides is 1. The van der Waals surface area contributed by atoms with Crippen LogP contribution in [0.25, 0.3) is 0 Å². The van der Waals surface area contributed by atoms with Crippen LogP contribution in [0.5, 0.6) is 11.5 Å². The third kappa shape index (κ3) is 7.25. The number of rotatable bonds is 11. The van der Waals surface area contributed by atoms with Crippen molar-refractivity contribution < 1.29 is 27.5 Å². The normalized spacial score (nSPS) is 13.3. The number of benzene rings is 3. The highest BCUT2D eigenvalue weighted by Gasteiger charge is 2.33. The van der Waals surface area contributed by atoms with Crippen LogP contribution < -0.4 is 19.1 Å². The molecule has 0 aliphatic carbocycles. The van der Waals surface area contributed by atoms with Gasteiger partial charge >= 0.3 is 0 Å². The summed E-state index contributed by atoms with van der Waals surface area (Å²) in [6.07, 6.45) is 1.26. The minimum atomic E-state index is -3.91. The van der Waals surface area contributed by atoms with Gasteiger partial charge in [-0.3, -0.25) is 13.9 Å². The fraction of sp³-hybridized carbons (Fsp3) is 0.310. The van der Waals surface area contributed by atoms with E-state index in [9.17, 15) is 18.0 Å². The van der Waals surface area contributed by atoms with Gasteiger partial charge in [0, 0.05) is 30.6 Å². The SMILES string of the molecule is CCNC(=O)C(Cc1ccccc1)N(Cc1ccccc1Cl)C(=O)CN(c1ccc2c(c1)OCCO2)S(C)(=O)=O. The molecule has 1 unspecified atom stereocenters. The van der Waals surface area contributed by atoms with Gasteiger partial charge in [0.2, 0.25) is 21.8 Å². The van der Waals surface area contributed by atoms with E-state index in [1.165, 1.54) is 11.0 Å². The largest absolute Gasteiger partial charge is 0.486 e. The lowest BCUT2D eigenvalue weighted by molar-refractivity contribution is -0.140. The van der Waals surface area contributed by atoms with Gasteiger partial charge in [0.05, 0.1) is 11.9 Å². The van der Waals surface area contributed by atoms with Crippen LogP contribution >= 0.6 is 11.6 Å². The molecular formula is C29H32ClN3O6S. The van der Waals surface area contributed by atoms with E-state index in [1.54, 1.807) is 43.3 Å². The van der Waals surface area contributed by atoms with Gasteiger partial charge in [-0.15, -0.1) is 0 Å². The second kappa shape index (κ2) is 13.1. The molecule has 11 heteroatoms. The number of carbonyl (C=O) groups excluding carboxylic acids is 2. The fourth-order valence-electron chi connectivity index (χ4n) is 4.46. The molecule has 0 aromatic heterocycles. The zero-order valence-electron chi connectivity index (χ0n) is 22.4. The molecule has 4 rings (SSSR count). The number of nitrogens with one attached hydrogen (secondary N) is 1. The molecule has 1 N–H and O–H groups in total. The van der Waals surface area contributed by atoms with Crippen molar-refractivity contribution >= 4 is 39.1 Å². The Morgan fingerprint density at radius 2 is 1.65 bits per heavy atom. The summed E-state index contributed by atoms with van der Waals surface area (Å²) in [6.45, 7) is 2.35. The van der Waals surface area contributed by atoms with E-state index in [4.69, 9.17) is 21.1 Å². The number of fused-ring (bicyclic) bond motifs is 1. The number of likely N-dealkylation sites (N-methyl/N-ethyl adjacent to an activating group) is 1. The molecule has 1 heterocycles. The highest BCUT2D eigenvalue weighted by Crippen LogP contribution is 2.35. The van der Waals surface area contributed by atoms with Gasteiger partial charge in [0.15, 0.2) is 11.5 Å². The van der Waals surface area contributed by atoms with Gasteiger partial charge in [0.25, 0.3) is 0 Å². The summed E-state index contributed by atoms with van der Waals surface area (Å²) in [5.41, 5.74) is 1.73. The first kappa shape index (κ1) is 29.2. The van der Waals surface area contributed by atoms with Crippen molar-refractivity contribution in [2.45, 2.75) is 25.9 Å². The Morgan fingerprint density at radius 3 is 2.33 bits per heavy atom. The van der Waals surface area contributed by atoms with Crippen molar-refractivity contribution in [1.29, 1.82) is 0 Å². The minimum absolute atomic E-state index is 0.00584. The standard InChI is InChI=1S/C29H32ClN3O6S/c1-3-31-29(35)25(17-21-9-5-4-6-10-21)32(19-22-11-7-8-12-24(22)30)28(34)20-33(40(2,36)37)23-13-14-26-27(18-23)39-16-15-38-26/h4-14,18,25H,3,15-17,19-20H2,1-2H3,(H,31,35). The van der Waals surface area contributed by atoms with Gasteiger partial charge < -0.3 is 19.7 Å². The minimum Gasteiger partial charge on any atom is -0.486 e. The summed E-state index contributed by atoms with van der Waals surface area (Å²) < 4.78 is 38.1. The molecule has 2 amide bonds. The van der Waals surface area contributed by atoms with Crippen molar-refractivity contribution in [3.05, 3.63) is 88.9 Å². The smallest absolute Gasteiger partial charge is 0.244 e. The average Bonchev–Trinajstić information content (AvgIpc) is 2.94. The zero-order chi connectivity index (χ0) is 28.7. The second-order valence-electron chi connectivity index (χ2n) is 9.31. The maximum atomic E-state index is 14.1. The molecule has 3 aromatic rings. The molecule has 0 fully saturated rings. The van der Waals surface area contributed by atoms with Crippen LogP contribution in [0.1, 0.15) is 18.1 Å². The number of carbonyl (C=O) groups is 2. The van der Waals surface area contributed by atoms with Gasteiger partial charge in [-0.2, -0.15) is 0 Å². The summed E-state index contributed by atoms with van der Waals surface area (Å²) in [5.74, 6) is -0.0271. The van der Waals surface area contributed by atoms with E-state index in [0.717, 1.165) is 16.1 Å². The van der Waals surface area contributed by atoms with Crippen molar-refractivity contribution in [2.24, 2.45) is 0 Å². The van der Waals surface area contributed by atoms with E-state index >= 15 is 0 Å². The number of hydrogen-bond donors (Lipinski definition) is 1. The van der Waals surface area contributed by atoms with Crippen molar-refractivity contribution in [2.75, 3.05) is 36.9 Å². The predicted octanol–water partition coefficient (Wildman–Crippen LogP) is 3.65. The van der Waals surface area contributed by atoms with E-state index in [1.807, 2.05) is 30.3 Å². The van der Waals surface area contributed by atoms with Crippen LogP contribution in [0, 0.1) is 0 Å². The number of anilines is 1. The van der Waals surface area contributed by atoms with E-state index in [0.29, 0.717) is 41.8 Å².